The van der Waals surface area contributed by atoms with E-state index in [2.05, 4.69) is 12.2 Å². The van der Waals surface area contributed by atoms with E-state index in [4.69, 9.17) is 0 Å². The highest BCUT2D eigenvalue weighted by atomic mass is 16.2. The van der Waals surface area contributed by atoms with Gasteiger partial charge in [0.2, 0.25) is 5.91 Å². The van der Waals surface area contributed by atoms with Crippen LogP contribution >= 0.6 is 0 Å². The van der Waals surface area contributed by atoms with E-state index >= 15 is 0 Å². The van der Waals surface area contributed by atoms with Gasteiger partial charge in [0.05, 0.1) is 0 Å². The molecule has 0 spiro atoms. The largest absolute Gasteiger partial charge is 0.356 e. The maximum Gasteiger partial charge on any atom is 0.220 e. The minimum Gasteiger partial charge on any atom is -0.356 e. The second kappa shape index (κ2) is 5.13. The summed E-state index contributed by atoms with van der Waals surface area (Å²) < 4.78 is 0. The molecule has 1 rings (SSSR count). The molecule has 0 aromatic rings. The van der Waals surface area contributed by atoms with Crippen molar-refractivity contribution < 1.29 is 9.59 Å². The molecule has 1 atom stereocenters. The van der Waals surface area contributed by atoms with Gasteiger partial charge in [-0.05, 0) is 31.6 Å². The monoisotopic (exact) mass is 197 g/mol. The zero-order valence-electron chi connectivity index (χ0n) is 9.01. The Morgan fingerprint density at radius 1 is 1.36 bits per heavy atom. The first-order valence-electron chi connectivity index (χ1n) is 5.35. The fourth-order valence-electron chi connectivity index (χ4n) is 1.48. The molecule has 80 valence electrons. The van der Waals surface area contributed by atoms with Crippen LogP contribution in [0.15, 0.2) is 0 Å². The van der Waals surface area contributed by atoms with Crippen molar-refractivity contribution in [3.63, 3.8) is 0 Å². The van der Waals surface area contributed by atoms with E-state index in [9.17, 15) is 9.59 Å². The van der Waals surface area contributed by atoms with Crippen LogP contribution in [0.1, 0.15) is 39.5 Å². The summed E-state index contributed by atoms with van der Waals surface area (Å²) in [5.74, 6) is 1.50. The molecule has 0 saturated heterocycles. The molecular weight excluding hydrogens is 178 g/mol. The Labute approximate surface area is 85.3 Å². The van der Waals surface area contributed by atoms with Gasteiger partial charge in [-0.1, -0.05) is 6.92 Å². The first-order valence-corrected chi connectivity index (χ1v) is 5.35. The highest BCUT2D eigenvalue weighted by Gasteiger charge is 2.27. The SMILES string of the molecule is CC(=O)CCC(=O)NCC(C)C1CC1. The number of nitrogens with one attached hydrogen (secondary N) is 1. The lowest BCUT2D eigenvalue weighted by molar-refractivity contribution is -0.124. The number of hydrogen-bond donors (Lipinski definition) is 1. The van der Waals surface area contributed by atoms with Crippen LogP contribution < -0.4 is 5.32 Å². The van der Waals surface area contributed by atoms with Crippen molar-refractivity contribution in [1.29, 1.82) is 0 Å². The molecule has 1 aliphatic carbocycles. The van der Waals surface area contributed by atoms with E-state index in [1.54, 1.807) is 0 Å². The molecule has 1 N–H and O–H groups in total. The maximum atomic E-state index is 11.2. The normalized spacial score (nSPS) is 17.6. The molecule has 0 aromatic carbocycles. The Balaban J connectivity index is 2.04. The van der Waals surface area contributed by atoms with Crippen LogP contribution in [0, 0.1) is 11.8 Å². The zero-order valence-corrected chi connectivity index (χ0v) is 9.01. The fraction of sp³-hybridized carbons (Fsp3) is 0.818. The summed E-state index contributed by atoms with van der Waals surface area (Å²) in [5.41, 5.74) is 0. The molecule has 0 radical (unpaired) electrons. The Bertz CT molecular complexity index is 221. The summed E-state index contributed by atoms with van der Waals surface area (Å²) in [7, 11) is 0. The molecule has 0 aromatic heterocycles. The third kappa shape index (κ3) is 4.40. The number of carbonyl (C=O) groups is 2. The second-order valence-corrected chi connectivity index (χ2v) is 4.32. The minimum atomic E-state index is 0.00713. The smallest absolute Gasteiger partial charge is 0.220 e. The standard InChI is InChI=1S/C11H19NO2/c1-8(10-4-5-10)7-12-11(14)6-3-9(2)13/h8,10H,3-7H2,1-2H3,(H,12,14). The summed E-state index contributed by atoms with van der Waals surface area (Å²) >= 11 is 0. The van der Waals surface area contributed by atoms with Crippen molar-refractivity contribution in [2.75, 3.05) is 6.54 Å². The molecule has 1 amide bonds. The summed E-state index contributed by atoms with van der Waals surface area (Å²) in [6, 6.07) is 0. The maximum absolute atomic E-state index is 11.2. The molecule has 1 unspecified atom stereocenters. The van der Waals surface area contributed by atoms with Crippen LogP contribution in [-0.4, -0.2) is 18.2 Å². The number of ketones is 1. The lowest BCUT2D eigenvalue weighted by atomic mass is 10.1. The van der Waals surface area contributed by atoms with E-state index in [-0.39, 0.29) is 11.7 Å². The number of rotatable bonds is 6. The Morgan fingerprint density at radius 3 is 2.50 bits per heavy atom. The molecule has 0 aliphatic heterocycles. The molecule has 0 heterocycles. The summed E-state index contributed by atoms with van der Waals surface area (Å²) in [6.07, 6.45) is 3.32. The molecule has 1 fully saturated rings. The molecule has 3 heteroatoms. The average molecular weight is 197 g/mol. The predicted octanol–water partition coefficient (Wildman–Crippen LogP) is 1.52. The van der Waals surface area contributed by atoms with Crippen LogP contribution in [0.25, 0.3) is 0 Å². The van der Waals surface area contributed by atoms with Crippen LogP contribution in [0.2, 0.25) is 0 Å². The van der Waals surface area contributed by atoms with Crippen molar-refractivity contribution >= 4 is 11.7 Å². The van der Waals surface area contributed by atoms with Crippen molar-refractivity contribution in [2.24, 2.45) is 11.8 Å². The minimum absolute atomic E-state index is 0.00713. The van der Waals surface area contributed by atoms with Crippen LogP contribution in [-0.2, 0) is 9.59 Å². The molecule has 3 nitrogen and oxygen atoms in total. The third-order valence-corrected chi connectivity index (χ3v) is 2.75. The molecule has 1 aliphatic rings. The van der Waals surface area contributed by atoms with Gasteiger partial charge < -0.3 is 10.1 Å². The van der Waals surface area contributed by atoms with Crippen molar-refractivity contribution in [3.8, 4) is 0 Å². The van der Waals surface area contributed by atoms with Gasteiger partial charge in [0.15, 0.2) is 0 Å². The van der Waals surface area contributed by atoms with E-state index in [1.807, 2.05) is 0 Å². The molecule has 0 bridgehead atoms. The summed E-state index contributed by atoms with van der Waals surface area (Å²) in [4.78, 5) is 21.9. The number of amides is 1. The zero-order chi connectivity index (χ0) is 10.6. The first kappa shape index (κ1) is 11.2. The predicted molar refractivity (Wildman–Crippen MR) is 54.8 cm³/mol. The fourth-order valence-corrected chi connectivity index (χ4v) is 1.48. The van der Waals surface area contributed by atoms with Crippen molar-refractivity contribution in [2.45, 2.75) is 39.5 Å². The van der Waals surface area contributed by atoms with E-state index in [0.29, 0.717) is 18.8 Å². The van der Waals surface area contributed by atoms with Gasteiger partial charge in [-0.25, -0.2) is 0 Å². The van der Waals surface area contributed by atoms with Gasteiger partial charge >= 0.3 is 0 Å². The van der Waals surface area contributed by atoms with Crippen LogP contribution in [0.5, 0.6) is 0 Å². The Kier molecular flexibility index (Phi) is 4.11. The summed E-state index contributed by atoms with van der Waals surface area (Å²) in [6.45, 7) is 4.45. The Hall–Kier alpha value is -0.860. The van der Waals surface area contributed by atoms with Gasteiger partial charge in [-0.2, -0.15) is 0 Å². The average Bonchev–Trinajstić information content (AvgIpc) is 2.93. The second-order valence-electron chi connectivity index (χ2n) is 4.32. The lowest BCUT2D eigenvalue weighted by Crippen LogP contribution is -2.29. The van der Waals surface area contributed by atoms with E-state index in [0.717, 1.165) is 12.5 Å². The lowest BCUT2D eigenvalue weighted by Gasteiger charge is -2.10. The van der Waals surface area contributed by atoms with Gasteiger partial charge in [-0.15, -0.1) is 0 Å². The number of Topliss-reactive ketones (excluding diaryl/α,β-unsaturated/α-hetero) is 1. The summed E-state index contributed by atoms with van der Waals surface area (Å²) in [5, 5.41) is 2.87. The quantitative estimate of drug-likeness (QED) is 0.701. The third-order valence-electron chi connectivity index (χ3n) is 2.75. The van der Waals surface area contributed by atoms with Crippen LogP contribution in [0.3, 0.4) is 0 Å². The van der Waals surface area contributed by atoms with Crippen molar-refractivity contribution in [1.82, 2.24) is 5.32 Å². The first-order chi connectivity index (χ1) is 6.59. The molecule has 1 saturated carbocycles. The van der Waals surface area contributed by atoms with Crippen molar-refractivity contribution in [3.05, 3.63) is 0 Å². The van der Waals surface area contributed by atoms with Gasteiger partial charge in [-0.3, -0.25) is 4.79 Å². The Morgan fingerprint density at radius 2 is 2.00 bits per heavy atom. The number of hydrogen-bond acceptors (Lipinski definition) is 2. The molecular formula is C11H19NO2. The van der Waals surface area contributed by atoms with Gasteiger partial charge in [0, 0.05) is 19.4 Å². The van der Waals surface area contributed by atoms with E-state index in [1.165, 1.54) is 19.8 Å². The van der Waals surface area contributed by atoms with Gasteiger partial charge in [0.1, 0.15) is 5.78 Å². The highest BCUT2D eigenvalue weighted by Crippen LogP contribution is 2.35. The topological polar surface area (TPSA) is 46.2 Å². The van der Waals surface area contributed by atoms with Crippen LogP contribution in [0.4, 0.5) is 0 Å². The van der Waals surface area contributed by atoms with E-state index < -0.39 is 0 Å². The molecule has 14 heavy (non-hydrogen) atoms. The number of carbonyl (C=O) groups excluding carboxylic acids is 2. The highest BCUT2D eigenvalue weighted by molar-refractivity contribution is 5.83. The van der Waals surface area contributed by atoms with Gasteiger partial charge in [0.25, 0.3) is 0 Å².